The summed E-state index contributed by atoms with van der Waals surface area (Å²) in [6.07, 6.45) is 0. The zero-order valence-corrected chi connectivity index (χ0v) is 20.0. The highest BCUT2D eigenvalue weighted by Crippen LogP contribution is 2.23. The highest BCUT2D eigenvalue weighted by atomic mass is 16.5. The number of hydrogen-bond acceptors (Lipinski definition) is 4. The molecular weight excluding hydrogens is 462 g/mol. The van der Waals surface area contributed by atoms with E-state index in [0.29, 0.717) is 11.4 Å². The Morgan fingerprint density at radius 3 is 1.81 bits per heavy atom. The third kappa shape index (κ3) is 5.65. The number of nitrogens with one attached hydrogen (secondary N) is 1. The lowest BCUT2D eigenvalue weighted by Crippen LogP contribution is -2.33. The van der Waals surface area contributed by atoms with Gasteiger partial charge in [-0.15, -0.1) is 0 Å². The molecule has 182 valence electrons. The Bertz CT molecular complexity index is 1430. The van der Waals surface area contributed by atoms with Crippen LogP contribution in [0.5, 0.6) is 0 Å². The lowest BCUT2D eigenvalue weighted by Gasteiger charge is -2.20. The van der Waals surface area contributed by atoms with Crippen molar-refractivity contribution < 1.29 is 14.3 Å². The number of para-hydroxylation sites is 1. The van der Waals surface area contributed by atoms with Gasteiger partial charge in [-0.2, -0.15) is 5.10 Å². The van der Waals surface area contributed by atoms with Crippen molar-refractivity contribution in [3.05, 3.63) is 144 Å². The van der Waals surface area contributed by atoms with Crippen LogP contribution >= 0.6 is 0 Å². The molecule has 0 atom stereocenters. The molecule has 1 amide bonds. The van der Waals surface area contributed by atoms with E-state index in [0.717, 1.165) is 16.7 Å². The molecule has 6 nitrogen and oxygen atoms in total. The Morgan fingerprint density at radius 1 is 0.730 bits per heavy atom. The van der Waals surface area contributed by atoms with E-state index in [-0.39, 0.29) is 11.7 Å². The summed E-state index contributed by atoms with van der Waals surface area (Å²) < 4.78 is 7.00. The minimum atomic E-state index is -0.635. The van der Waals surface area contributed by atoms with E-state index in [9.17, 15) is 9.59 Å². The summed E-state index contributed by atoms with van der Waals surface area (Å²) in [6.45, 7) is -0.421. The second kappa shape index (κ2) is 11.2. The van der Waals surface area contributed by atoms with Gasteiger partial charge in [-0.3, -0.25) is 4.79 Å². The largest absolute Gasteiger partial charge is 0.451 e. The first kappa shape index (κ1) is 23.8. The predicted octanol–water partition coefficient (Wildman–Crippen LogP) is 5.60. The van der Waals surface area contributed by atoms with Crippen molar-refractivity contribution in [2.24, 2.45) is 0 Å². The average Bonchev–Trinajstić information content (AvgIpc) is 3.42. The van der Waals surface area contributed by atoms with Crippen LogP contribution in [0.3, 0.4) is 0 Å². The van der Waals surface area contributed by atoms with Crippen LogP contribution in [0.4, 0.5) is 0 Å². The molecule has 0 aliphatic carbocycles. The summed E-state index contributed by atoms with van der Waals surface area (Å²) in [5, 5.41) is 7.64. The van der Waals surface area contributed by atoms with Crippen LogP contribution in [0.2, 0.25) is 0 Å². The number of aromatic nitrogens is 2. The molecule has 1 heterocycles. The summed E-state index contributed by atoms with van der Waals surface area (Å²) in [7, 11) is 0. The molecule has 0 aliphatic heterocycles. The van der Waals surface area contributed by atoms with Crippen molar-refractivity contribution in [3.8, 4) is 16.9 Å². The molecule has 0 unspecified atom stereocenters. The van der Waals surface area contributed by atoms with Crippen LogP contribution < -0.4 is 5.32 Å². The molecule has 6 heteroatoms. The van der Waals surface area contributed by atoms with Crippen LogP contribution in [-0.2, 0) is 9.53 Å². The molecule has 0 bridgehead atoms. The number of nitrogens with zero attached hydrogens (tertiary/aromatic N) is 2. The van der Waals surface area contributed by atoms with E-state index in [4.69, 9.17) is 4.74 Å². The van der Waals surface area contributed by atoms with Gasteiger partial charge in [0.2, 0.25) is 0 Å². The zero-order chi connectivity index (χ0) is 25.5. The molecule has 0 spiro atoms. The number of carbonyl (C=O) groups excluding carboxylic acids is 2. The van der Waals surface area contributed by atoms with E-state index < -0.39 is 18.5 Å². The highest BCUT2D eigenvalue weighted by Gasteiger charge is 2.22. The second-order valence-electron chi connectivity index (χ2n) is 8.43. The topological polar surface area (TPSA) is 73.2 Å². The first-order valence-electron chi connectivity index (χ1n) is 12.0. The van der Waals surface area contributed by atoms with Crippen molar-refractivity contribution in [2.75, 3.05) is 6.61 Å². The number of benzene rings is 4. The summed E-state index contributed by atoms with van der Waals surface area (Å²) in [4.78, 5) is 26.1. The molecule has 5 rings (SSSR count). The fraction of sp³-hybridized carbons (Fsp3) is 0.0645. The number of carbonyl (C=O) groups is 2. The summed E-state index contributed by atoms with van der Waals surface area (Å²) in [5.41, 5.74) is 4.33. The Labute approximate surface area is 215 Å². The van der Waals surface area contributed by atoms with Gasteiger partial charge in [0.25, 0.3) is 5.91 Å². The Balaban J connectivity index is 1.35. The third-order valence-corrected chi connectivity index (χ3v) is 5.89. The molecule has 1 N–H and O–H groups in total. The molecule has 4 aromatic carbocycles. The lowest BCUT2D eigenvalue weighted by molar-refractivity contribution is -0.124. The Kier molecular flexibility index (Phi) is 7.18. The minimum Gasteiger partial charge on any atom is -0.451 e. The first-order valence-corrected chi connectivity index (χ1v) is 12.0. The van der Waals surface area contributed by atoms with E-state index in [1.54, 1.807) is 10.7 Å². The van der Waals surface area contributed by atoms with Crippen LogP contribution in [0.25, 0.3) is 16.9 Å². The van der Waals surface area contributed by atoms with Gasteiger partial charge in [-0.1, -0.05) is 109 Å². The Morgan fingerprint density at radius 2 is 1.24 bits per heavy atom. The highest BCUT2D eigenvalue weighted by molar-refractivity contribution is 5.91. The molecule has 1 aromatic heterocycles. The van der Waals surface area contributed by atoms with Crippen molar-refractivity contribution in [2.45, 2.75) is 6.04 Å². The normalized spacial score (nSPS) is 10.7. The van der Waals surface area contributed by atoms with Crippen LogP contribution in [0.15, 0.2) is 127 Å². The predicted molar refractivity (Wildman–Crippen MR) is 142 cm³/mol. The van der Waals surface area contributed by atoms with Crippen LogP contribution in [0, 0.1) is 0 Å². The summed E-state index contributed by atoms with van der Waals surface area (Å²) in [6, 6.07) is 39.6. The lowest BCUT2D eigenvalue weighted by atomic mass is 9.99. The Hall–Kier alpha value is -4.97. The molecule has 0 saturated heterocycles. The van der Waals surface area contributed by atoms with E-state index >= 15 is 0 Å². The van der Waals surface area contributed by atoms with Gasteiger partial charge in [-0.25, -0.2) is 9.48 Å². The van der Waals surface area contributed by atoms with Gasteiger partial charge in [0.15, 0.2) is 12.3 Å². The second-order valence-corrected chi connectivity index (χ2v) is 8.43. The van der Waals surface area contributed by atoms with Crippen LogP contribution in [-0.4, -0.2) is 28.3 Å². The maximum atomic E-state index is 13.2. The molecule has 37 heavy (non-hydrogen) atoms. The van der Waals surface area contributed by atoms with Crippen LogP contribution in [0.1, 0.15) is 27.7 Å². The summed E-state index contributed by atoms with van der Waals surface area (Å²) in [5.74, 6) is -1.04. The van der Waals surface area contributed by atoms with Gasteiger partial charge in [-0.05, 0) is 29.3 Å². The number of esters is 1. The fourth-order valence-corrected chi connectivity index (χ4v) is 4.10. The van der Waals surface area contributed by atoms with E-state index in [2.05, 4.69) is 10.4 Å². The first-order chi connectivity index (χ1) is 18.2. The van der Waals surface area contributed by atoms with Gasteiger partial charge in [0.1, 0.15) is 0 Å². The number of rotatable bonds is 8. The van der Waals surface area contributed by atoms with Crippen molar-refractivity contribution >= 4 is 11.9 Å². The zero-order valence-electron chi connectivity index (χ0n) is 20.0. The third-order valence-electron chi connectivity index (χ3n) is 5.89. The van der Waals surface area contributed by atoms with Gasteiger partial charge in [0, 0.05) is 5.56 Å². The molecule has 0 aliphatic rings. The number of ether oxygens (including phenoxy) is 1. The molecule has 0 fully saturated rings. The smallest absolute Gasteiger partial charge is 0.357 e. The van der Waals surface area contributed by atoms with E-state index in [1.165, 1.54) is 0 Å². The fourth-order valence-electron chi connectivity index (χ4n) is 4.10. The number of hydrogen-bond donors (Lipinski definition) is 1. The average molecular weight is 488 g/mol. The minimum absolute atomic E-state index is 0.237. The van der Waals surface area contributed by atoms with Gasteiger partial charge >= 0.3 is 5.97 Å². The molecule has 5 aromatic rings. The van der Waals surface area contributed by atoms with Crippen molar-refractivity contribution in [3.63, 3.8) is 0 Å². The van der Waals surface area contributed by atoms with Crippen molar-refractivity contribution in [1.29, 1.82) is 0 Å². The van der Waals surface area contributed by atoms with Crippen molar-refractivity contribution in [1.82, 2.24) is 15.1 Å². The maximum Gasteiger partial charge on any atom is 0.357 e. The molecule has 0 saturated carbocycles. The number of amides is 1. The molecular formula is C31H25N3O3. The maximum absolute atomic E-state index is 13.2. The van der Waals surface area contributed by atoms with E-state index in [1.807, 2.05) is 121 Å². The monoisotopic (exact) mass is 487 g/mol. The quantitative estimate of drug-likeness (QED) is 0.289. The SMILES string of the molecule is O=C(COC(=O)c1cc(-c2ccccc2)nn1-c1ccccc1)NC(c1ccccc1)c1ccccc1. The van der Waals surface area contributed by atoms with Gasteiger partial charge < -0.3 is 10.1 Å². The van der Waals surface area contributed by atoms with Gasteiger partial charge in [0.05, 0.1) is 17.4 Å². The standard InChI is InChI=1S/C31H25N3O3/c35-29(32-30(24-15-7-2-8-16-24)25-17-9-3-10-18-25)22-37-31(36)28-21-27(23-13-5-1-6-14-23)33-34(28)26-19-11-4-12-20-26/h1-21,30H,22H2,(H,32,35). The molecule has 0 radical (unpaired) electrons. The summed E-state index contributed by atoms with van der Waals surface area (Å²) >= 11 is 0.